The van der Waals surface area contributed by atoms with Crippen molar-refractivity contribution in [3.8, 4) is 11.1 Å². The molecule has 1 saturated heterocycles. The van der Waals surface area contributed by atoms with Crippen molar-refractivity contribution in [3.63, 3.8) is 0 Å². The average Bonchev–Trinajstić information content (AvgIpc) is 3.12. The summed E-state index contributed by atoms with van der Waals surface area (Å²) in [6.45, 7) is 0.356. The highest BCUT2D eigenvalue weighted by Gasteiger charge is 2.34. The van der Waals surface area contributed by atoms with Crippen LogP contribution in [-0.4, -0.2) is 49.3 Å². The van der Waals surface area contributed by atoms with Crippen molar-refractivity contribution in [2.45, 2.75) is 23.8 Å². The number of hydrogen-bond donors (Lipinski definition) is 2. The number of nitrogens with zero attached hydrogens (tertiary/aromatic N) is 1. The van der Waals surface area contributed by atoms with Crippen LogP contribution in [0, 0.1) is 0 Å². The van der Waals surface area contributed by atoms with Crippen LogP contribution in [0.4, 0.5) is 10.5 Å². The van der Waals surface area contributed by atoms with Crippen molar-refractivity contribution in [1.82, 2.24) is 4.90 Å². The zero-order chi connectivity index (χ0) is 19.6. The maximum atomic E-state index is 12.4. The summed E-state index contributed by atoms with van der Waals surface area (Å²) in [5.74, 6) is -0.362. The molecule has 0 radical (unpaired) electrons. The van der Waals surface area contributed by atoms with E-state index in [4.69, 9.17) is 5.11 Å². The number of rotatable bonds is 4. The fourth-order valence-corrected chi connectivity index (χ4v) is 4.17. The van der Waals surface area contributed by atoms with Crippen LogP contribution in [0.25, 0.3) is 11.1 Å². The molecule has 0 aromatic heterocycles. The molecule has 2 aromatic rings. The van der Waals surface area contributed by atoms with Crippen molar-refractivity contribution in [1.29, 1.82) is 0 Å². The first-order valence-corrected chi connectivity index (χ1v) is 10.4. The molecule has 0 bridgehead atoms. The van der Waals surface area contributed by atoms with Gasteiger partial charge in [0.2, 0.25) is 5.91 Å². The Morgan fingerprint density at radius 1 is 1.11 bits per heavy atom. The molecule has 7 nitrogen and oxygen atoms in total. The molecule has 142 valence electrons. The van der Waals surface area contributed by atoms with E-state index < -0.39 is 22.0 Å². The van der Waals surface area contributed by atoms with Gasteiger partial charge in [-0.15, -0.1) is 0 Å². The van der Waals surface area contributed by atoms with E-state index >= 15 is 0 Å². The van der Waals surface area contributed by atoms with E-state index in [1.54, 1.807) is 48.5 Å². The number of carbonyl (C=O) groups is 2. The van der Waals surface area contributed by atoms with Crippen LogP contribution in [0.15, 0.2) is 53.4 Å². The molecule has 2 N–H and O–H groups in total. The Morgan fingerprint density at radius 3 is 2.41 bits per heavy atom. The molecule has 2 aromatic carbocycles. The molecule has 8 heteroatoms. The molecule has 1 heterocycles. The highest BCUT2D eigenvalue weighted by atomic mass is 32.2. The van der Waals surface area contributed by atoms with Gasteiger partial charge in [-0.05, 0) is 36.6 Å². The summed E-state index contributed by atoms with van der Waals surface area (Å²) >= 11 is 0. The minimum Gasteiger partial charge on any atom is -0.465 e. The first kappa shape index (κ1) is 18.9. The molecular formula is C19H20N2O5S. The smallest absolute Gasteiger partial charge is 0.407 e. The van der Waals surface area contributed by atoms with Gasteiger partial charge < -0.3 is 10.4 Å². The third-order valence-corrected chi connectivity index (χ3v) is 5.71. The molecule has 0 spiro atoms. The summed E-state index contributed by atoms with van der Waals surface area (Å²) in [7, 11) is -3.37. The van der Waals surface area contributed by atoms with Gasteiger partial charge in [0.25, 0.3) is 0 Å². The topological polar surface area (TPSA) is 104 Å². The van der Waals surface area contributed by atoms with Crippen molar-refractivity contribution in [2.75, 3.05) is 18.1 Å². The molecule has 1 atom stereocenters. The lowest BCUT2D eigenvalue weighted by Gasteiger charge is -2.20. The van der Waals surface area contributed by atoms with E-state index in [9.17, 15) is 18.0 Å². The van der Waals surface area contributed by atoms with Gasteiger partial charge in [-0.25, -0.2) is 13.2 Å². The highest BCUT2D eigenvalue weighted by molar-refractivity contribution is 7.90. The summed E-state index contributed by atoms with van der Waals surface area (Å²) in [6, 6.07) is 12.8. The van der Waals surface area contributed by atoms with Gasteiger partial charge in [-0.1, -0.05) is 30.3 Å². The minimum atomic E-state index is -3.37. The molecule has 1 aliphatic rings. The molecule has 2 amide bonds. The highest BCUT2D eigenvalue weighted by Crippen LogP contribution is 2.28. The maximum Gasteiger partial charge on any atom is 0.407 e. The molecule has 1 fully saturated rings. The number of carboxylic acid groups (broad SMARTS) is 1. The number of likely N-dealkylation sites (tertiary alicyclic amines) is 1. The summed E-state index contributed by atoms with van der Waals surface area (Å²) in [5, 5.41) is 11.9. The Hall–Kier alpha value is -2.87. The second-order valence-electron chi connectivity index (χ2n) is 6.47. The molecule has 0 aliphatic carbocycles. The van der Waals surface area contributed by atoms with Crippen molar-refractivity contribution in [3.05, 3.63) is 48.5 Å². The summed E-state index contributed by atoms with van der Waals surface area (Å²) in [6.07, 6.45) is 1.22. The Labute approximate surface area is 157 Å². The van der Waals surface area contributed by atoms with E-state index in [-0.39, 0.29) is 10.8 Å². The van der Waals surface area contributed by atoms with Gasteiger partial charge in [0, 0.05) is 24.1 Å². The Balaban J connectivity index is 1.79. The van der Waals surface area contributed by atoms with Crippen LogP contribution in [0.5, 0.6) is 0 Å². The fourth-order valence-electron chi connectivity index (χ4n) is 3.26. The standard InChI is InChI=1S/C19H20N2O5S/c1-27(25,26)17-7-3-2-5-15(17)13-8-10-14(11-9-13)20-18(22)16-6-4-12-21(16)19(23)24/h2-3,5,7-11,16H,4,6,12H2,1H3,(H,20,22)(H,23,24). The molecule has 1 aliphatic heterocycles. The first-order valence-electron chi connectivity index (χ1n) is 8.47. The lowest BCUT2D eigenvalue weighted by atomic mass is 10.1. The number of carbonyl (C=O) groups excluding carboxylic acids is 1. The van der Waals surface area contributed by atoms with E-state index in [1.807, 2.05) is 0 Å². The largest absolute Gasteiger partial charge is 0.465 e. The second-order valence-corrected chi connectivity index (χ2v) is 8.45. The third-order valence-electron chi connectivity index (χ3n) is 4.55. The van der Waals surface area contributed by atoms with E-state index in [2.05, 4.69) is 5.32 Å². The van der Waals surface area contributed by atoms with Gasteiger partial charge in [0.05, 0.1) is 4.90 Å². The summed E-state index contributed by atoms with van der Waals surface area (Å²) in [5.41, 5.74) is 1.82. The second kappa shape index (κ2) is 7.40. The van der Waals surface area contributed by atoms with Crippen molar-refractivity contribution < 1.29 is 23.1 Å². The molecular weight excluding hydrogens is 368 g/mol. The number of hydrogen-bond acceptors (Lipinski definition) is 4. The zero-order valence-electron chi connectivity index (χ0n) is 14.8. The van der Waals surface area contributed by atoms with Crippen molar-refractivity contribution in [2.24, 2.45) is 0 Å². The maximum absolute atomic E-state index is 12.4. The SMILES string of the molecule is CS(=O)(=O)c1ccccc1-c1ccc(NC(=O)C2CCCN2C(=O)O)cc1. The Kier molecular flexibility index (Phi) is 5.18. The van der Waals surface area contributed by atoms with Crippen LogP contribution in [0.2, 0.25) is 0 Å². The number of anilines is 1. The van der Waals surface area contributed by atoms with E-state index in [1.165, 1.54) is 0 Å². The van der Waals surface area contributed by atoms with Crippen LogP contribution in [0.1, 0.15) is 12.8 Å². The zero-order valence-corrected chi connectivity index (χ0v) is 15.6. The van der Waals surface area contributed by atoms with Gasteiger partial charge in [-0.2, -0.15) is 0 Å². The van der Waals surface area contributed by atoms with Crippen molar-refractivity contribution >= 4 is 27.5 Å². The number of amides is 2. The molecule has 3 rings (SSSR count). The fraction of sp³-hybridized carbons (Fsp3) is 0.263. The molecule has 1 unspecified atom stereocenters. The Morgan fingerprint density at radius 2 is 1.78 bits per heavy atom. The predicted molar refractivity (Wildman–Crippen MR) is 101 cm³/mol. The number of nitrogens with one attached hydrogen (secondary N) is 1. The normalized spacial score (nSPS) is 16.9. The molecule has 27 heavy (non-hydrogen) atoms. The van der Waals surface area contributed by atoms with Crippen LogP contribution in [0.3, 0.4) is 0 Å². The Bertz CT molecular complexity index is 970. The third kappa shape index (κ3) is 4.11. The van der Waals surface area contributed by atoms with Crippen LogP contribution < -0.4 is 5.32 Å². The lowest BCUT2D eigenvalue weighted by Crippen LogP contribution is -2.42. The van der Waals surface area contributed by atoms with Crippen LogP contribution in [-0.2, 0) is 14.6 Å². The van der Waals surface area contributed by atoms with Gasteiger partial charge in [0.15, 0.2) is 9.84 Å². The number of sulfone groups is 1. The summed E-state index contributed by atoms with van der Waals surface area (Å²) in [4.78, 5) is 24.9. The number of benzene rings is 2. The summed E-state index contributed by atoms with van der Waals surface area (Å²) < 4.78 is 23.9. The van der Waals surface area contributed by atoms with Gasteiger partial charge in [0.1, 0.15) is 6.04 Å². The van der Waals surface area contributed by atoms with Gasteiger partial charge in [-0.3, -0.25) is 9.69 Å². The average molecular weight is 388 g/mol. The monoisotopic (exact) mass is 388 g/mol. The van der Waals surface area contributed by atoms with Crippen LogP contribution >= 0.6 is 0 Å². The van der Waals surface area contributed by atoms with E-state index in [0.717, 1.165) is 11.2 Å². The lowest BCUT2D eigenvalue weighted by molar-refractivity contribution is -0.119. The van der Waals surface area contributed by atoms with E-state index in [0.29, 0.717) is 36.2 Å². The van der Waals surface area contributed by atoms with Gasteiger partial charge >= 0.3 is 6.09 Å². The minimum absolute atomic E-state index is 0.241. The first-order chi connectivity index (χ1) is 12.8. The predicted octanol–water partition coefficient (Wildman–Crippen LogP) is 2.84. The molecule has 0 saturated carbocycles. The quantitative estimate of drug-likeness (QED) is 0.838.